The van der Waals surface area contributed by atoms with Crippen LogP contribution >= 0.6 is 11.6 Å². The van der Waals surface area contributed by atoms with Crippen molar-refractivity contribution in [2.24, 2.45) is 5.41 Å². The Morgan fingerprint density at radius 1 is 1.26 bits per heavy atom. The maximum Gasteiger partial charge on any atom is 0.416 e. The van der Waals surface area contributed by atoms with E-state index in [1.165, 1.54) is 9.47 Å². The number of hydrogen-bond acceptors (Lipinski definition) is 8. The van der Waals surface area contributed by atoms with Crippen molar-refractivity contribution in [2.75, 3.05) is 38.2 Å². The number of alkyl halides is 3. The molecule has 1 aromatic carbocycles. The number of amides is 2. The van der Waals surface area contributed by atoms with Crippen LogP contribution < -0.4 is 16.2 Å². The molecule has 2 aliphatic heterocycles. The fourth-order valence-electron chi connectivity index (χ4n) is 5.37. The minimum Gasteiger partial charge on any atom is -0.444 e. The molecule has 5 rings (SSSR count). The monoisotopic (exact) mass is 677 g/mol. The number of carbonyl (C=O) groups is 2. The number of ether oxygens (including phenoxy) is 2. The molecule has 2 fully saturated rings. The summed E-state index contributed by atoms with van der Waals surface area (Å²) in [7, 11) is 0. The van der Waals surface area contributed by atoms with E-state index in [2.05, 4.69) is 32.6 Å². The SMILES string of the molecule is CCc1c(C2CNCCN2C(=O)OC(C)(C)C)c(=O)n2nc(C#CC3(C)COC3)nc2n1CC(=O)Nc1ccc(C(F)(F)F)cc1Cl. The molecular formula is C31H35ClF3N7O5. The Balaban J connectivity index is 1.61. The van der Waals surface area contributed by atoms with Crippen molar-refractivity contribution in [3.05, 3.63) is 56.2 Å². The molecule has 0 aliphatic carbocycles. The number of rotatable bonds is 5. The van der Waals surface area contributed by atoms with Crippen LogP contribution in [0.4, 0.5) is 23.7 Å². The quantitative estimate of drug-likeness (QED) is 0.387. The molecule has 0 saturated carbocycles. The third kappa shape index (κ3) is 7.39. The van der Waals surface area contributed by atoms with Crippen LogP contribution in [-0.2, 0) is 33.4 Å². The third-order valence-electron chi connectivity index (χ3n) is 7.62. The van der Waals surface area contributed by atoms with Crippen molar-refractivity contribution in [3.63, 3.8) is 0 Å². The molecule has 12 nitrogen and oxygen atoms in total. The molecule has 2 N–H and O–H groups in total. The van der Waals surface area contributed by atoms with Crippen LogP contribution in [0.25, 0.3) is 5.78 Å². The van der Waals surface area contributed by atoms with E-state index >= 15 is 0 Å². The van der Waals surface area contributed by atoms with Crippen molar-refractivity contribution in [2.45, 2.75) is 65.4 Å². The van der Waals surface area contributed by atoms with Gasteiger partial charge in [0.15, 0.2) is 0 Å². The minimum absolute atomic E-state index is 0.0242. The van der Waals surface area contributed by atoms with Crippen molar-refractivity contribution in [1.82, 2.24) is 29.4 Å². The maximum atomic E-state index is 14.2. The van der Waals surface area contributed by atoms with E-state index in [9.17, 15) is 27.6 Å². The number of benzene rings is 1. The van der Waals surface area contributed by atoms with Crippen LogP contribution in [0, 0.1) is 17.3 Å². The standard InChI is InChI=1S/C31H35ClF3N7O5/c1-6-21-25(22-14-36-11-12-40(22)28(45)47-29(2,3)4)26(44)42-27(38-23(39-42)9-10-30(5)16-46-17-30)41(21)15-24(43)37-20-8-7-18(13-19(20)32)31(33,34)35/h7-8,13,22,36H,6,11-12,14-17H2,1-5H3,(H,37,43). The van der Waals surface area contributed by atoms with E-state index in [-0.39, 0.29) is 47.4 Å². The van der Waals surface area contributed by atoms with Gasteiger partial charge in [-0.25, -0.2) is 4.79 Å². The Kier molecular flexibility index (Phi) is 9.33. The Morgan fingerprint density at radius 3 is 2.57 bits per heavy atom. The summed E-state index contributed by atoms with van der Waals surface area (Å²) in [6, 6.07) is 1.82. The van der Waals surface area contributed by atoms with E-state index in [0.717, 1.165) is 22.7 Å². The van der Waals surface area contributed by atoms with Crippen LogP contribution in [0.2, 0.25) is 5.02 Å². The summed E-state index contributed by atoms with van der Waals surface area (Å²) in [5.41, 5.74) is -2.10. The Bertz CT molecular complexity index is 1830. The van der Waals surface area contributed by atoms with Gasteiger partial charge in [0.25, 0.3) is 5.56 Å². The summed E-state index contributed by atoms with van der Waals surface area (Å²) in [6.45, 7) is 10.3. The number of hydrogen-bond donors (Lipinski definition) is 2. The number of halogens is 4. The first-order valence-corrected chi connectivity index (χ1v) is 15.4. The molecule has 4 heterocycles. The topological polar surface area (TPSA) is 132 Å². The summed E-state index contributed by atoms with van der Waals surface area (Å²) >= 11 is 6.10. The van der Waals surface area contributed by atoms with Gasteiger partial charge in [-0.2, -0.15) is 22.7 Å². The van der Waals surface area contributed by atoms with Gasteiger partial charge in [0.2, 0.25) is 17.5 Å². The molecule has 2 amide bonds. The molecule has 2 aromatic heterocycles. The fraction of sp³-hybridized carbons (Fsp3) is 0.516. The van der Waals surface area contributed by atoms with Gasteiger partial charge in [0.1, 0.15) is 12.1 Å². The summed E-state index contributed by atoms with van der Waals surface area (Å²) in [5, 5.41) is 9.85. The predicted octanol–water partition coefficient (Wildman–Crippen LogP) is 4.03. The Labute approximate surface area is 273 Å². The fourth-order valence-corrected chi connectivity index (χ4v) is 5.60. The third-order valence-corrected chi connectivity index (χ3v) is 7.93. The second kappa shape index (κ2) is 12.8. The van der Waals surface area contributed by atoms with Crippen molar-refractivity contribution >= 4 is 35.1 Å². The highest BCUT2D eigenvalue weighted by Crippen LogP contribution is 2.34. The van der Waals surface area contributed by atoms with Crippen molar-refractivity contribution in [3.8, 4) is 11.8 Å². The molecule has 3 aromatic rings. The highest BCUT2D eigenvalue weighted by Gasteiger charge is 2.37. The molecule has 2 saturated heterocycles. The number of nitrogens with one attached hydrogen (secondary N) is 2. The molecule has 0 radical (unpaired) electrons. The Morgan fingerprint density at radius 2 is 1.98 bits per heavy atom. The van der Waals surface area contributed by atoms with Gasteiger partial charge < -0.3 is 24.7 Å². The largest absolute Gasteiger partial charge is 0.444 e. The number of anilines is 1. The lowest BCUT2D eigenvalue weighted by atomic mass is 9.90. The van der Waals surface area contributed by atoms with Crippen molar-refractivity contribution < 1.29 is 32.2 Å². The van der Waals surface area contributed by atoms with Crippen LogP contribution in [0.15, 0.2) is 23.0 Å². The highest BCUT2D eigenvalue weighted by atomic mass is 35.5. The molecule has 1 unspecified atom stereocenters. The van der Waals surface area contributed by atoms with Gasteiger partial charge in [-0.15, -0.1) is 5.10 Å². The zero-order chi connectivity index (χ0) is 34.3. The average Bonchev–Trinajstić information content (AvgIpc) is 3.41. The minimum atomic E-state index is -4.61. The van der Waals surface area contributed by atoms with Gasteiger partial charge >= 0.3 is 12.3 Å². The van der Waals surface area contributed by atoms with Crippen LogP contribution in [0.3, 0.4) is 0 Å². The van der Waals surface area contributed by atoms with Gasteiger partial charge in [-0.05, 0) is 58.2 Å². The normalized spacial score (nSPS) is 17.9. The number of fused-ring (bicyclic) bond motifs is 1. The van der Waals surface area contributed by atoms with Crippen LogP contribution in [-0.4, -0.2) is 74.5 Å². The zero-order valence-electron chi connectivity index (χ0n) is 26.5. The van der Waals surface area contributed by atoms with E-state index in [1.54, 1.807) is 27.7 Å². The van der Waals surface area contributed by atoms with E-state index < -0.39 is 52.9 Å². The first kappa shape index (κ1) is 34.2. The molecule has 0 bridgehead atoms. The second-order valence-corrected chi connectivity index (χ2v) is 13.1. The van der Waals surface area contributed by atoms with E-state index in [1.807, 2.05) is 6.92 Å². The highest BCUT2D eigenvalue weighted by molar-refractivity contribution is 6.33. The summed E-state index contributed by atoms with van der Waals surface area (Å²) < 4.78 is 53.0. The maximum absolute atomic E-state index is 14.2. The predicted molar refractivity (Wildman–Crippen MR) is 166 cm³/mol. The van der Waals surface area contributed by atoms with Gasteiger partial charge in [0.05, 0.1) is 46.5 Å². The number of piperazine rings is 1. The summed E-state index contributed by atoms with van der Waals surface area (Å²) in [4.78, 5) is 46.9. The van der Waals surface area contributed by atoms with Gasteiger partial charge in [-0.1, -0.05) is 24.4 Å². The molecule has 1 atom stereocenters. The molecule has 16 heteroatoms. The lowest BCUT2D eigenvalue weighted by Crippen LogP contribution is -2.52. The first-order valence-electron chi connectivity index (χ1n) is 15.0. The number of nitrogens with zero attached hydrogens (tertiary/aromatic N) is 5. The lowest BCUT2D eigenvalue weighted by Gasteiger charge is -2.38. The Hall–Kier alpha value is -4.13. The van der Waals surface area contributed by atoms with Crippen LogP contribution in [0.1, 0.15) is 63.3 Å². The smallest absolute Gasteiger partial charge is 0.416 e. The molecule has 47 heavy (non-hydrogen) atoms. The number of aromatic nitrogens is 4. The van der Waals surface area contributed by atoms with Gasteiger partial charge in [-0.3, -0.25) is 14.5 Å². The van der Waals surface area contributed by atoms with E-state index in [0.29, 0.717) is 25.5 Å². The van der Waals surface area contributed by atoms with Crippen molar-refractivity contribution in [1.29, 1.82) is 0 Å². The molecular weight excluding hydrogens is 643 g/mol. The van der Waals surface area contributed by atoms with Crippen LogP contribution in [0.5, 0.6) is 0 Å². The average molecular weight is 678 g/mol. The van der Waals surface area contributed by atoms with Gasteiger partial charge in [0, 0.05) is 25.3 Å². The second-order valence-electron chi connectivity index (χ2n) is 12.7. The zero-order valence-corrected chi connectivity index (χ0v) is 27.3. The van der Waals surface area contributed by atoms with E-state index in [4.69, 9.17) is 21.1 Å². The lowest BCUT2D eigenvalue weighted by molar-refractivity contribution is -0.137. The molecule has 252 valence electrons. The summed E-state index contributed by atoms with van der Waals surface area (Å²) in [6.07, 6.45) is -4.97. The summed E-state index contributed by atoms with van der Waals surface area (Å²) in [5.74, 6) is 5.40. The molecule has 2 aliphatic rings. The molecule has 0 spiro atoms. The first-order chi connectivity index (χ1) is 22.0. The number of carbonyl (C=O) groups excluding carboxylic acids is 2.